The third kappa shape index (κ3) is 2.58. The van der Waals surface area contributed by atoms with Gasteiger partial charge in [-0.15, -0.1) is 11.8 Å². The molecule has 0 bridgehead atoms. The van der Waals surface area contributed by atoms with E-state index in [4.69, 9.17) is 4.98 Å². The minimum Gasteiger partial charge on any atom is -0.345 e. The first-order chi connectivity index (χ1) is 10.8. The van der Waals surface area contributed by atoms with Crippen LogP contribution >= 0.6 is 23.1 Å². The second-order valence-corrected chi connectivity index (χ2v) is 7.75. The summed E-state index contributed by atoms with van der Waals surface area (Å²) in [4.78, 5) is 22.6. The number of anilines is 1. The molecule has 2 aromatic rings. The molecule has 1 aliphatic heterocycles. The van der Waals surface area contributed by atoms with Gasteiger partial charge in [0.05, 0.1) is 10.2 Å². The molecular formula is C16H19N3OS2. The zero-order valence-electron chi connectivity index (χ0n) is 12.6. The molecule has 0 unspecified atom stereocenters. The fourth-order valence-electron chi connectivity index (χ4n) is 2.92. The molecule has 1 amide bonds. The normalized spacial score (nSPS) is 19.0. The number of para-hydroxylation sites is 1. The van der Waals surface area contributed by atoms with Gasteiger partial charge in [-0.1, -0.05) is 17.4 Å². The number of thiazole rings is 1. The van der Waals surface area contributed by atoms with Crippen LogP contribution in [0.3, 0.4) is 0 Å². The topological polar surface area (TPSA) is 36.4 Å². The minimum absolute atomic E-state index is 0.332. The maximum atomic E-state index is 12.1. The summed E-state index contributed by atoms with van der Waals surface area (Å²) in [6.45, 7) is 3.46. The van der Waals surface area contributed by atoms with Gasteiger partial charge in [0.2, 0.25) is 5.91 Å². The first-order valence-corrected chi connectivity index (χ1v) is 9.77. The van der Waals surface area contributed by atoms with Crippen LogP contribution in [0.2, 0.25) is 0 Å². The first-order valence-electron chi connectivity index (χ1n) is 7.73. The average molecular weight is 333 g/mol. The van der Waals surface area contributed by atoms with Crippen molar-refractivity contribution in [2.45, 2.75) is 17.7 Å². The Bertz CT molecular complexity index is 702. The SMILES string of the molecule is CSc1cccc2sc(N3CCN(C(=O)C4CC4)CC3)nc12. The quantitative estimate of drug-likeness (QED) is 0.809. The minimum atomic E-state index is 0.332. The van der Waals surface area contributed by atoms with E-state index < -0.39 is 0 Å². The number of nitrogens with zero attached hydrogens (tertiary/aromatic N) is 3. The Balaban J connectivity index is 1.50. The predicted molar refractivity (Wildman–Crippen MR) is 92.9 cm³/mol. The molecule has 1 saturated carbocycles. The van der Waals surface area contributed by atoms with Crippen molar-refractivity contribution >= 4 is 44.4 Å². The second-order valence-electron chi connectivity index (χ2n) is 5.89. The molecule has 22 heavy (non-hydrogen) atoms. The van der Waals surface area contributed by atoms with Crippen molar-refractivity contribution < 1.29 is 4.79 Å². The number of piperazine rings is 1. The lowest BCUT2D eigenvalue weighted by molar-refractivity contribution is -0.132. The van der Waals surface area contributed by atoms with E-state index in [2.05, 4.69) is 29.4 Å². The van der Waals surface area contributed by atoms with Crippen LogP contribution in [0.5, 0.6) is 0 Å². The summed E-state index contributed by atoms with van der Waals surface area (Å²) in [7, 11) is 0. The summed E-state index contributed by atoms with van der Waals surface area (Å²) in [5.74, 6) is 0.701. The van der Waals surface area contributed by atoms with Gasteiger partial charge in [-0.3, -0.25) is 4.79 Å². The van der Waals surface area contributed by atoms with E-state index in [-0.39, 0.29) is 0 Å². The fourth-order valence-corrected chi connectivity index (χ4v) is 4.59. The van der Waals surface area contributed by atoms with Gasteiger partial charge in [0.15, 0.2) is 5.13 Å². The summed E-state index contributed by atoms with van der Waals surface area (Å²) < 4.78 is 1.25. The highest BCUT2D eigenvalue weighted by atomic mass is 32.2. The highest BCUT2D eigenvalue weighted by molar-refractivity contribution is 7.98. The largest absolute Gasteiger partial charge is 0.345 e. The van der Waals surface area contributed by atoms with E-state index in [0.717, 1.165) is 49.7 Å². The number of amides is 1. The maximum absolute atomic E-state index is 12.1. The van der Waals surface area contributed by atoms with E-state index in [0.29, 0.717) is 11.8 Å². The van der Waals surface area contributed by atoms with Gasteiger partial charge in [-0.25, -0.2) is 4.98 Å². The van der Waals surface area contributed by atoms with E-state index in [9.17, 15) is 4.79 Å². The highest BCUT2D eigenvalue weighted by Gasteiger charge is 2.34. The van der Waals surface area contributed by atoms with Crippen LogP contribution < -0.4 is 4.90 Å². The van der Waals surface area contributed by atoms with E-state index >= 15 is 0 Å². The van der Waals surface area contributed by atoms with Gasteiger partial charge in [0.1, 0.15) is 0 Å². The third-order valence-corrected chi connectivity index (χ3v) is 6.23. The van der Waals surface area contributed by atoms with Gasteiger partial charge < -0.3 is 9.80 Å². The number of fused-ring (bicyclic) bond motifs is 1. The van der Waals surface area contributed by atoms with E-state index in [1.165, 1.54) is 9.60 Å². The lowest BCUT2D eigenvalue weighted by Crippen LogP contribution is -2.49. The van der Waals surface area contributed by atoms with Crippen molar-refractivity contribution in [1.29, 1.82) is 0 Å². The molecule has 1 saturated heterocycles. The van der Waals surface area contributed by atoms with Crippen LogP contribution in [-0.2, 0) is 4.79 Å². The maximum Gasteiger partial charge on any atom is 0.225 e. The highest BCUT2D eigenvalue weighted by Crippen LogP contribution is 2.35. The molecule has 0 spiro atoms. The van der Waals surface area contributed by atoms with E-state index in [1.807, 2.05) is 4.90 Å². The van der Waals surface area contributed by atoms with Crippen molar-refractivity contribution in [3.63, 3.8) is 0 Å². The summed E-state index contributed by atoms with van der Waals surface area (Å²) >= 11 is 3.51. The Labute approximate surface area is 138 Å². The Kier molecular flexibility index (Phi) is 3.74. The number of aromatic nitrogens is 1. The second kappa shape index (κ2) is 5.74. The van der Waals surface area contributed by atoms with Crippen LogP contribution in [0.25, 0.3) is 10.2 Å². The molecule has 4 rings (SSSR count). The van der Waals surface area contributed by atoms with Crippen LogP contribution in [0.1, 0.15) is 12.8 Å². The standard InChI is InChI=1S/C16H19N3OS2/c1-21-12-3-2-4-13-14(12)17-16(22-13)19-9-7-18(8-10-19)15(20)11-5-6-11/h2-4,11H,5-10H2,1H3. The molecule has 1 aromatic heterocycles. The van der Waals surface area contributed by atoms with Gasteiger partial charge in [0, 0.05) is 37.0 Å². The molecule has 0 radical (unpaired) electrons. The first kappa shape index (κ1) is 14.3. The van der Waals surface area contributed by atoms with Gasteiger partial charge in [0.25, 0.3) is 0 Å². The van der Waals surface area contributed by atoms with Crippen LogP contribution in [0.15, 0.2) is 23.1 Å². The Morgan fingerprint density at radius 2 is 2.05 bits per heavy atom. The van der Waals surface area contributed by atoms with Crippen molar-refractivity contribution in [2.24, 2.45) is 5.92 Å². The predicted octanol–water partition coefficient (Wildman–Crippen LogP) is 3.08. The smallest absolute Gasteiger partial charge is 0.225 e. The monoisotopic (exact) mass is 333 g/mol. The summed E-state index contributed by atoms with van der Waals surface area (Å²) in [6, 6.07) is 6.37. The van der Waals surface area contributed by atoms with Crippen molar-refractivity contribution in [1.82, 2.24) is 9.88 Å². The van der Waals surface area contributed by atoms with Crippen molar-refractivity contribution in [3.8, 4) is 0 Å². The molecule has 0 N–H and O–H groups in total. The molecule has 1 aromatic carbocycles. The molecule has 116 valence electrons. The van der Waals surface area contributed by atoms with Crippen molar-refractivity contribution in [3.05, 3.63) is 18.2 Å². The average Bonchev–Trinajstić information content (AvgIpc) is 3.32. The number of rotatable bonds is 3. The number of benzene rings is 1. The molecule has 2 fully saturated rings. The van der Waals surface area contributed by atoms with E-state index in [1.54, 1.807) is 23.1 Å². The Morgan fingerprint density at radius 3 is 2.73 bits per heavy atom. The molecule has 4 nitrogen and oxygen atoms in total. The van der Waals surface area contributed by atoms with Gasteiger partial charge >= 0.3 is 0 Å². The van der Waals surface area contributed by atoms with Crippen LogP contribution in [0, 0.1) is 5.92 Å². The molecule has 6 heteroatoms. The number of carbonyl (C=O) groups excluding carboxylic acids is 1. The number of hydrogen-bond acceptors (Lipinski definition) is 5. The summed E-state index contributed by atoms with van der Waals surface area (Å²) in [5.41, 5.74) is 1.12. The van der Waals surface area contributed by atoms with Crippen molar-refractivity contribution in [2.75, 3.05) is 37.3 Å². The summed E-state index contributed by atoms with van der Waals surface area (Å²) in [6.07, 6.45) is 4.28. The Morgan fingerprint density at radius 1 is 1.27 bits per heavy atom. The zero-order valence-corrected chi connectivity index (χ0v) is 14.3. The lowest BCUT2D eigenvalue weighted by Gasteiger charge is -2.34. The molecular weight excluding hydrogens is 314 g/mol. The number of carbonyl (C=O) groups is 1. The molecule has 0 atom stereocenters. The Hall–Kier alpha value is -1.27. The zero-order chi connectivity index (χ0) is 15.1. The number of hydrogen-bond donors (Lipinski definition) is 0. The third-order valence-electron chi connectivity index (χ3n) is 4.38. The lowest BCUT2D eigenvalue weighted by atomic mass is 10.3. The molecule has 2 heterocycles. The number of thioether (sulfide) groups is 1. The molecule has 2 aliphatic rings. The summed E-state index contributed by atoms with van der Waals surface area (Å²) in [5, 5.41) is 1.09. The fraction of sp³-hybridized carbons (Fsp3) is 0.500. The van der Waals surface area contributed by atoms with Gasteiger partial charge in [-0.05, 0) is 31.2 Å². The van der Waals surface area contributed by atoms with Gasteiger partial charge in [-0.2, -0.15) is 0 Å². The molecule has 1 aliphatic carbocycles. The van der Waals surface area contributed by atoms with Crippen LogP contribution in [0.4, 0.5) is 5.13 Å². The van der Waals surface area contributed by atoms with Crippen LogP contribution in [-0.4, -0.2) is 48.2 Å².